The van der Waals surface area contributed by atoms with Gasteiger partial charge in [0.15, 0.2) is 11.6 Å². The number of hydrogen-bond acceptors (Lipinski definition) is 12. The highest BCUT2D eigenvalue weighted by atomic mass is 32.1. The van der Waals surface area contributed by atoms with E-state index in [1.54, 1.807) is 33.3 Å². The summed E-state index contributed by atoms with van der Waals surface area (Å²) in [4.78, 5) is 117. The number of amides is 5. The first-order valence-electron chi connectivity index (χ1n) is 27.0. The van der Waals surface area contributed by atoms with E-state index >= 15 is 0 Å². The molecule has 16 heteroatoms. The lowest BCUT2D eigenvalue weighted by Crippen LogP contribution is -2.57. The summed E-state index contributed by atoms with van der Waals surface area (Å²) in [6.45, 7) is 22.9. The number of rotatable bonds is 11. The van der Waals surface area contributed by atoms with Crippen LogP contribution in [0.15, 0.2) is 72.1 Å². The Morgan fingerprint density at radius 3 is 1.84 bits per heavy atom. The summed E-state index contributed by atoms with van der Waals surface area (Å²) < 4.78 is 0. The average Bonchev–Trinajstić information content (AvgIpc) is 4.14. The van der Waals surface area contributed by atoms with Crippen LogP contribution >= 0.6 is 11.3 Å². The van der Waals surface area contributed by atoms with Crippen molar-refractivity contribution in [2.45, 2.75) is 182 Å². The Labute approximate surface area is 456 Å². The van der Waals surface area contributed by atoms with Gasteiger partial charge in [0.25, 0.3) is 17.7 Å². The molecular formula is C61H75N5O10S. The minimum absolute atomic E-state index is 0.0109. The number of aryl methyl sites for hydroxylation is 1. The van der Waals surface area contributed by atoms with Crippen LogP contribution < -0.4 is 10.6 Å². The molecule has 0 radical (unpaired) electrons. The van der Waals surface area contributed by atoms with Crippen molar-refractivity contribution >= 4 is 64.0 Å². The van der Waals surface area contributed by atoms with Gasteiger partial charge in [-0.25, -0.2) is 0 Å². The Morgan fingerprint density at radius 2 is 1.30 bits per heavy atom. The molecule has 0 spiro atoms. The van der Waals surface area contributed by atoms with Crippen LogP contribution in [0.25, 0.3) is 10.4 Å². The minimum Gasteiger partial charge on any atom is -0.391 e. The summed E-state index contributed by atoms with van der Waals surface area (Å²) in [5.74, 6) is -1.40. The van der Waals surface area contributed by atoms with Crippen molar-refractivity contribution < 1.29 is 48.3 Å². The van der Waals surface area contributed by atoms with Gasteiger partial charge < -0.3 is 25.5 Å². The number of hydrogen-bond donors (Lipinski definition) is 3. The maximum Gasteiger partial charge on any atom is 0.262 e. The molecule has 2 unspecified atom stereocenters. The molecule has 77 heavy (non-hydrogen) atoms. The zero-order valence-corrected chi connectivity index (χ0v) is 47.2. The van der Waals surface area contributed by atoms with E-state index in [1.807, 2.05) is 91.8 Å². The van der Waals surface area contributed by atoms with Crippen LogP contribution in [0.3, 0.4) is 0 Å². The maximum atomic E-state index is 13.5. The maximum absolute atomic E-state index is 13.5. The molecule has 0 bridgehead atoms. The molecule has 410 valence electrons. The Hall–Kier alpha value is -6.49. The van der Waals surface area contributed by atoms with Crippen LogP contribution in [0.2, 0.25) is 0 Å². The second-order valence-corrected chi connectivity index (χ2v) is 24.1. The van der Waals surface area contributed by atoms with Crippen LogP contribution in [0.1, 0.15) is 191 Å². The predicted octanol–water partition coefficient (Wildman–Crippen LogP) is 8.83. The van der Waals surface area contributed by atoms with Gasteiger partial charge in [0, 0.05) is 48.8 Å². The Kier molecular flexibility index (Phi) is 18.2. The average molecular weight is 1070 g/mol. The second-order valence-electron chi connectivity index (χ2n) is 23.1. The van der Waals surface area contributed by atoms with Gasteiger partial charge in [-0.1, -0.05) is 111 Å². The topological polar surface area (TPSA) is 208 Å². The number of β-amino-alcohol motifs (C(OH)–C–C–N with tert-alkyl or cyclic N) is 1. The lowest BCUT2D eigenvalue weighted by atomic mass is 9.85. The van der Waals surface area contributed by atoms with E-state index in [1.165, 1.54) is 16.0 Å². The van der Waals surface area contributed by atoms with Crippen LogP contribution in [0.4, 0.5) is 0 Å². The number of Topliss-reactive ketones (excluding diaryl/α,β-unsaturated/α-hetero) is 4. The van der Waals surface area contributed by atoms with E-state index in [-0.39, 0.29) is 103 Å². The molecule has 5 aliphatic rings. The molecule has 1 saturated heterocycles. The van der Waals surface area contributed by atoms with Crippen molar-refractivity contribution in [3.63, 3.8) is 0 Å². The Bertz CT molecular complexity index is 2950. The minimum atomic E-state index is -0.801. The number of fused-ring (bicyclic) bond motifs is 2. The fraction of sp³-hybridized carbons (Fsp3) is 0.492. The summed E-state index contributed by atoms with van der Waals surface area (Å²) in [5, 5.41) is 18.8. The van der Waals surface area contributed by atoms with Crippen LogP contribution in [-0.4, -0.2) is 115 Å². The Balaban J connectivity index is 0.000000175. The normalized spacial score (nSPS) is 21.3. The largest absolute Gasteiger partial charge is 0.391 e. The molecule has 5 amide bonds. The number of imide groups is 1. The molecule has 2 aliphatic carbocycles. The quantitative estimate of drug-likeness (QED) is 0.0955. The van der Waals surface area contributed by atoms with E-state index in [4.69, 9.17) is 0 Å². The van der Waals surface area contributed by atoms with Gasteiger partial charge in [0.05, 0.1) is 54.2 Å². The highest BCUT2D eigenvalue weighted by molar-refractivity contribution is 7.13. The second kappa shape index (κ2) is 24.0. The molecule has 2 saturated carbocycles. The number of carbonyl (C=O) groups is 9. The summed E-state index contributed by atoms with van der Waals surface area (Å²) in [6.07, 6.45) is 0.669. The van der Waals surface area contributed by atoms with E-state index in [2.05, 4.69) is 55.0 Å². The third-order valence-corrected chi connectivity index (χ3v) is 16.3. The summed E-state index contributed by atoms with van der Waals surface area (Å²) in [7, 11) is 0. The fourth-order valence-corrected chi connectivity index (χ4v) is 12.0. The fourth-order valence-electron chi connectivity index (χ4n) is 11.1. The summed E-state index contributed by atoms with van der Waals surface area (Å²) in [5.41, 5.74) is 7.60. The number of thiophene rings is 1. The third-order valence-electron chi connectivity index (χ3n) is 15.2. The lowest BCUT2D eigenvalue weighted by molar-refractivity contribution is -0.142. The molecular weight excluding hydrogens is 995 g/mol. The summed E-state index contributed by atoms with van der Waals surface area (Å²) in [6, 6.07) is 18.9. The molecule has 6 atom stereocenters. The van der Waals surface area contributed by atoms with Crippen molar-refractivity contribution in [3.8, 4) is 10.4 Å². The molecule has 4 heterocycles. The van der Waals surface area contributed by atoms with Crippen LogP contribution in [-0.2, 0) is 35.3 Å². The van der Waals surface area contributed by atoms with E-state index in [0.29, 0.717) is 42.0 Å². The van der Waals surface area contributed by atoms with Crippen molar-refractivity contribution in [3.05, 3.63) is 117 Å². The molecule has 15 nitrogen and oxygen atoms in total. The SMILES string of the molecule is CC(C)c1cccc2c1C(=O)N(C1CCC(=O)CC1=O)C2=O.CC(C)c1cccc2c1CN(C1CCC(=O)CC1=O)C2=O.Cc1ccsc1-c1ccc([C@H](C)NC(=O)[C@@H]2C[C@@H](O)CN2C(=O)[C@H](NC(C)C)C(C)(C)C)cc1. The standard InChI is InChI=1S/C27H39N3O3S.C17H17NO4.C17H19NO3/c1-16(2)28-24(27(5,6)7)26(33)30-15-21(31)14-22(30)25(32)29-18(4)19-8-10-20(11-9-19)23-17(3)12-13-34-23;1-9(2)11-4-3-5-12-15(11)17(22)18(16(12)21)13-7-6-10(19)8-14(13)20;1-10(2)12-4-3-5-13-14(12)9-18(17(13)21)15-7-6-11(19)8-16(15)20/h8-13,16,18,21-22,24,28,31H,14-15H2,1-7H3,(H,29,32);3-5,9,13H,6-8H2,1-2H3;3-5,10,15H,6-9H2,1-2H3/t18-,21+,22-,24-;;/m0../s1. The Morgan fingerprint density at radius 1 is 0.714 bits per heavy atom. The molecule has 3 aliphatic heterocycles. The van der Waals surface area contributed by atoms with Crippen molar-refractivity contribution in [2.75, 3.05) is 6.54 Å². The zero-order valence-electron chi connectivity index (χ0n) is 46.4. The number of likely N-dealkylation sites (tertiary alicyclic amines) is 1. The number of aliphatic hydroxyl groups is 1. The number of benzene rings is 3. The van der Waals surface area contributed by atoms with Crippen molar-refractivity contribution in [1.82, 2.24) is 25.3 Å². The van der Waals surface area contributed by atoms with Crippen LogP contribution in [0, 0.1) is 12.3 Å². The number of nitrogens with zero attached hydrogens (tertiary/aromatic N) is 3. The molecule has 3 N–H and O–H groups in total. The smallest absolute Gasteiger partial charge is 0.262 e. The van der Waals surface area contributed by atoms with Gasteiger partial charge >= 0.3 is 0 Å². The molecule has 4 aromatic rings. The molecule has 1 aromatic heterocycles. The van der Waals surface area contributed by atoms with E-state index < -0.39 is 42.1 Å². The monoisotopic (exact) mass is 1070 g/mol. The highest BCUT2D eigenvalue weighted by Gasteiger charge is 2.47. The molecule has 3 fully saturated rings. The molecule has 9 rings (SSSR count). The molecule has 3 aromatic carbocycles. The number of nitrogens with one attached hydrogen (secondary N) is 2. The van der Waals surface area contributed by atoms with Gasteiger partial charge in [-0.05, 0) is 101 Å². The predicted molar refractivity (Wildman–Crippen MR) is 295 cm³/mol. The number of ketones is 4. The van der Waals surface area contributed by atoms with E-state index in [0.717, 1.165) is 27.2 Å². The summed E-state index contributed by atoms with van der Waals surface area (Å²) >= 11 is 1.72. The van der Waals surface area contributed by atoms with Gasteiger partial charge in [-0.3, -0.25) is 48.1 Å². The van der Waals surface area contributed by atoms with Gasteiger partial charge in [-0.2, -0.15) is 0 Å². The van der Waals surface area contributed by atoms with E-state index in [9.17, 15) is 48.3 Å². The van der Waals surface area contributed by atoms with Crippen molar-refractivity contribution in [1.29, 1.82) is 0 Å². The zero-order chi connectivity index (χ0) is 56.4. The number of carbonyl (C=O) groups excluding carboxylic acids is 9. The van der Waals surface area contributed by atoms with Gasteiger partial charge in [-0.15, -0.1) is 11.3 Å². The first-order chi connectivity index (χ1) is 36.3. The third kappa shape index (κ3) is 12.8. The van der Waals surface area contributed by atoms with Crippen molar-refractivity contribution in [2.24, 2.45) is 5.41 Å². The van der Waals surface area contributed by atoms with Gasteiger partial charge in [0.1, 0.15) is 17.6 Å². The first-order valence-corrected chi connectivity index (χ1v) is 27.9. The highest BCUT2D eigenvalue weighted by Crippen LogP contribution is 2.36. The number of aliphatic hydroxyl groups excluding tert-OH is 1. The first kappa shape index (κ1) is 58.2. The lowest BCUT2D eigenvalue weighted by Gasteiger charge is -2.36. The van der Waals surface area contributed by atoms with Crippen LogP contribution in [0.5, 0.6) is 0 Å². The van der Waals surface area contributed by atoms with Gasteiger partial charge in [0.2, 0.25) is 11.8 Å².